The molecular formula is C27H18F4N2O2. The maximum absolute atomic E-state index is 14.1. The molecular weight excluding hydrogens is 460 g/mol. The van der Waals surface area contributed by atoms with Crippen LogP contribution in [0.5, 0.6) is 5.75 Å². The van der Waals surface area contributed by atoms with E-state index in [1.165, 1.54) is 25.3 Å². The molecule has 1 heterocycles. The number of amides is 1. The first-order valence-corrected chi connectivity index (χ1v) is 10.6. The Bertz CT molecular complexity index is 1530. The fourth-order valence-electron chi connectivity index (χ4n) is 4.62. The normalized spacial score (nSPS) is 15.1. The van der Waals surface area contributed by atoms with Gasteiger partial charge in [-0.25, -0.2) is 4.39 Å². The van der Waals surface area contributed by atoms with Crippen molar-refractivity contribution in [3.8, 4) is 5.75 Å². The van der Waals surface area contributed by atoms with Gasteiger partial charge >= 0.3 is 6.18 Å². The molecule has 1 amide bonds. The van der Waals surface area contributed by atoms with Gasteiger partial charge in [-0.05, 0) is 58.7 Å². The van der Waals surface area contributed by atoms with Crippen LogP contribution in [0.4, 0.5) is 17.6 Å². The van der Waals surface area contributed by atoms with Gasteiger partial charge in [-0.15, -0.1) is 0 Å². The van der Waals surface area contributed by atoms with Gasteiger partial charge in [0.1, 0.15) is 17.1 Å². The Kier molecular flexibility index (Phi) is 5.31. The molecule has 0 radical (unpaired) electrons. The summed E-state index contributed by atoms with van der Waals surface area (Å²) < 4.78 is 60.0. The van der Waals surface area contributed by atoms with Crippen molar-refractivity contribution in [1.29, 1.82) is 0 Å². The van der Waals surface area contributed by atoms with E-state index >= 15 is 0 Å². The van der Waals surface area contributed by atoms with Crippen LogP contribution in [0.1, 0.15) is 44.2 Å². The van der Waals surface area contributed by atoms with Gasteiger partial charge < -0.3 is 10.5 Å². The Balaban J connectivity index is 1.85. The number of pyridine rings is 1. The van der Waals surface area contributed by atoms with E-state index in [4.69, 9.17) is 10.5 Å². The molecule has 4 aromatic rings. The van der Waals surface area contributed by atoms with Crippen LogP contribution in [0.2, 0.25) is 0 Å². The standard InChI is InChI=1S/C27H18F4N2O2/c1-35-25-19-10-9-16(27(29,30)31)13-21(19)33-24(23(25)26(32)34)22-18-8-3-2-5-15(18)12-20(22)14-6-4-7-17(28)11-14/h2-13,22H,1H3,(H2,32,34). The van der Waals surface area contributed by atoms with Crippen molar-refractivity contribution in [2.45, 2.75) is 12.1 Å². The third kappa shape index (κ3) is 3.80. The average molecular weight is 478 g/mol. The molecule has 5 rings (SSSR count). The number of carbonyl (C=O) groups excluding carboxylic acids is 1. The van der Waals surface area contributed by atoms with Crippen LogP contribution in [0, 0.1) is 5.82 Å². The second-order valence-corrected chi connectivity index (χ2v) is 8.17. The Labute approximate surface area is 197 Å². The highest BCUT2D eigenvalue weighted by atomic mass is 19.4. The lowest BCUT2D eigenvalue weighted by molar-refractivity contribution is -0.137. The maximum atomic E-state index is 14.1. The molecule has 0 spiro atoms. The van der Waals surface area contributed by atoms with Crippen LogP contribution in [-0.4, -0.2) is 18.0 Å². The van der Waals surface area contributed by atoms with Crippen LogP contribution in [0.25, 0.3) is 22.6 Å². The van der Waals surface area contributed by atoms with E-state index in [2.05, 4.69) is 4.98 Å². The highest BCUT2D eigenvalue weighted by Gasteiger charge is 2.35. The number of nitrogens with zero attached hydrogens (tertiary/aromatic N) is 1. The number of fused-ring (bicyclic) bond motifs is 2. The second kappa shape index (κ2) is 8.23. The third-order valence-electron chi connectivity index (χ3n) is 6.10. The van der Waals surface area contributed by atoms with Gasteiger partial charge in [0.25, 0.3) is 5.91 Å². The smallest absolute Gasteiger partial charge is 0.416 e. The summed E-state index contributed by atoms with van der Waals surface area (Å²) in [5.41, 5.74) is 7.73. The first-order valence-electron chi connectivity index (χ1n) is 10.6. The molecule has 1 aliphatic carbocycles. The highest BCUT2D eigenvalue weighted by molar-refractivity contribution is 6.05. The minimum atomic E-state index is -4.59. The van der Waals surface area contributed by atoms with E-state index in [1.807, 2.05) is 24.3 Å². The van der Waals surface area contributed by atoms with Crippen LogP contribution < -0.4 is 10.5 Å². The summed E-state index contributed by atoms with van der Waals surface area (Å²) in [7, 11) is 1.31. The summed E-state index contributed by atoms with van der Waals surface area (Å²) in [5, 5.41) is 0.223. The number of benzene rings is 3. The lowest BCUT2D eigenvalue weighted by Crippen LogP contribution is -2.19. The Morgan fingerprint density at radius 1 is 1.03 bits per heavy atom. The van der Waals surface area contributed by atoms with Crippen LogP contribution >= 0.6 is 0 Å². The van der Waals surface area contributed by atoms with Gasteiger partial charge in [0.2, 0.25) is 0 Å². The summed E-state index contributed by atoms with van der Waals surface area (Å²) >= 11 is 0. The van der Waals surface area contributed by atoms with Gasteiger partial charge in [-0.3, -0.25) is 9.78 Å². The summed E-state index contributed by atoms with van der Waals surface area (Å²) in [6, 6.07) is 16.3. The van der Waals surface area contributed by atoms with Crippen molar-refractivity contribution in [3.63, 3.8) is 0 Å². The molecule has 3 aromatic carbocycles. The molecule has 8 heteroatoms. The Morgan fingerprint density at radius 3 is 2.49 bits per heavy atom. The lowest BCUT2D eigenvalue weighted by Gasteiger charge is -2.22. The Hall–Kier alpha value is -4.20. The second-order valence-electron chi connectivity index (χ2n) is 8.17. The monoisotopic (exact) mass is 478 g/mol. The highest BCUT2D eigenvalue weighted by Crippen LogP contribution is 2.48. The topological polar surface area (TPSA) is 65.2 Å². The number of hydrogen-bond acceptors (Lipinski definition) is 3. The number of rotatable bonds is 4. The number of ether oxygens (including phenoxy) is 1. The number of carbonyl (C=O) groups is 1. The maximum Gasteiger partial charge on any atom is 0.416 e. The van der Waals surface area contributed by atoms with Gasteiger partial charge in [0.05, 0.1) is 29.8 Å². The number of nitrogens with two attached hydrogens (primary N) is 1. The van der Waals surface area contributed by atoms with Crippen molar-refractivity contribution in [2.75, 3.05) is 7.11 Å². The number of methoxy groups -OCH3 is 1. The van der Waals surface area contributed by atoms with Crippen molar-refractivity contribution < 1.29 is 27.1 Å². The number of aromatic nitrogens is 1. The van der Waals surface area contributed by atoms with E-state index in [0.29, 0.717) is 11.1 Å². The SMILES string of the molecule is COc1c(C(N)=O)c(C2C(c3cccc(F)c3)=Cc3ccccc32)nc2cc(C(F)(F)F)ccc12. The molecule has 35 heavy (non-hydrogen) atoms. The zero-order chi connectivity index (χ0) is 24.9. The summed E-state index contributed by atoms with van der Waals surface area (Å²) in [6.07, 6.45) is -2.73. The molecule has 0 fully saturated rings. The molecule has 0 aliphatic heterocycles. The average Bonchev–Trinajstić information content (AvgIpc) is 3.21. The predicted molar refractivity (Wildman–Crippen MR) is 124 cm³/mol. The molecule has 1 aromatic heterocycles. The molecule has 1 atom stereocenters. The fraction of sp³-hybridized carbons (Fsp3) is 0.111. The molecule has 176 valence electrons. The largest absolute Gasteiger partial charge is 0.495 e. The van der Waals surface area contributed by atoms with Gasteiger partial charge in [0.15, 0.2) is 0 Å². The number of allylic oxidation sites excluding steroid dienone is 1. The summed E-state index contributed by atoms with van der Waals surface area (Å²) in [6.45, 7) is 0. The van der Waals surface area contributed by atoms with Crippen LogP contribution in [0.15, 0.2) is 66.7 Å². The quantitative estimate of drug-likeness (QED) is 0.356. The van der Waals surface area contributed by atoms with E-state index in [9.17, 15) is 22.4 Å². The summed E-state index contributed by atoms with van der Waals surface area (Å²) in [5.74, 6) is -1.95. The molecule has 1 unspecified atom stereocenters. The first-order chi connectivity index (χ1) is 16.7. The minimum absolute atomic E-state index is 0.000326. The van der Waals surface area contributed by atoms with Crippen molar-refractivity contribution in [3.05, 3.63) is 106 Å². The Morgan fingerprint density at radius 2 is 1.80 bits per heavy atom. The van der Waals surface area contributed by atoms with Crippen LogP contribution in [-0.2, 0) is 6.18 Å². The van der Waals surface area contributed by atoms with E-state index in [0.717, 1.165) is 23.3 Å². The fourth-order valence-corrected chi connectivity index (χ4v) is 4.62. The minimum Gasteiger partial charge on any atom is -0.495 e. The zero-order valence-electron chi connectivity index (χ0n) is 18.4. The third-order valence-corrected chi connectivity index (χ3v) is 6.10. The van der Waals surface area contributed by atoms with Gasteiger partial charge in [0, 0.05) is 5.39 Å². The molecule has 2 N–H and O–H groups in total. The van der Waals surface area contributed by atoms with Gasteiger partial charge in [-0.2, -0.15) is 13.2 Å². The predicted octanol–water partition coefficient (Wildman–Crippen LogP) is 6.19. The number of hydrogen-bond donors (Lipinski definition) is 1. The molecule has 4 nitrogen and oxygen atoms in total. The van der Waals surface area contributed by atoms with E-state index < -0.39 is 29.4 Å². The lowest BCUT2D eigenvalue weighted by atomic mass is 9.85. The number of alkyl halides is 3. The molecule has 0 saturated heterocycles. The number of halogens is 4. The molecule has 0 saturated carbocycles. The number of primary amides is 1. The zero-order valence-corrected chi connectivity index (χ0v) is 18.4. The summed E-state index contributed by atoms with van der Waals surface area (Å²) in [4.78, 5) is 17.2. The van der Waals surface area contributed by atoms with E-state index in [1.54, 1.807) is 18.2 Å². The van der Waals surface area contributed by atoms with Crippen molar-refractivity contribution in [1.82, 2.24) is 4.98 Å². The molecule has 0 bridgehead atoms. The van der Waals surface area contributed by atoms with Crippen molar-refractivity contribution >= 4 is 28.5 Å². The van der Waals surface area contributed by atoms with Gasteiger partial charge in [-0.1, -0.05) is 36.4 Å². The van der Waals surface area contributed by atoms with Crippen LogP contribution in [0.3, 0.4) is 0 Å². The molecule has 1 aliphatic rings. The van der Waals surface area contributed by atoms with E-state index in [-0.39, 0.29) is 27.9 Å². The van der Waals surface area contributed by atoms with Crippen molar-refractivity contribution in [2.24, 2.45) is 5.73 Å². The first kappa shape index (κ1) is 22.6.